The van der Waals surface area contributed by atoms with Crippen molar-refractivity contribution < 1.29 is 13.9 Å². The minimum atomic E-state index is -0.516. The van der Waals surface area contributed by atoms with E-state index >= 15 is 0 Å². The average molecular weight is 315 g/mol. The molecule has 23 heavy (non-hydrogen) atoms. The molecule has 1 aliphatic rings. The highest BCUT2D eigenvalue weighted by molar-refractivity contribution is 6.00. The van der Waals surface area contributed by atoms with Crippen LogP contribution in [-0.4, -0.2) is 19.7 Å². The molecule has 2 amide bonds. The van der Waals surface area contributed by atoms with Crippen LogP contribution >= 0.6 is 0 Å². The molecule has 5 nitrogen and oxygen atoms in total. The van der Waals surface area contributed by atoms with E-state index in [1.165, 1.54) is 36.4 Å². The second-order valence-electron chi connectivity index (χ2n) is 5.34. The summed E-state index contributed by atoms with van der Waals surface area (Å²) in [4.78, 5) is 12.1. The van der Waals surface area contributed by atoms with E-state index in [9.17, 15) is 9.18 Å². The average Bonchev–Trinajstić information content (AvgIpc) is 2.56. The number of benzene rings is 2. The summed E-state index contributed by atoms with van der Waals surface area (Å²) in [7, 11) is 1.49. The molecule has 0 unspecified atom stereocenters. The van der Waals surface area contributed by atoms with Gasteiger partial charge in [-0.3, -0.25) is 0 Å². The number of ether oxygens (including phenoxy) is 1. The number of rotatable bonds is 3. The van der Waals surface area contributed by atoms with Crippen molar-refractivity contribution in [1.29, 1.82) is 0 Å². The summed E-state index contributed by atoms with van der Waals surface area (Å²) in [6.45, 7) is 1.77. The largest absolute Gasteiger partial charge is 0.497 e. The van der Waals surface area contributed by atoms with Gasteiger partial charge in [-0.2, -0.15) is 0 Å². The number of fused-ring (bicyclic) bond motifs is 1. The predicted octanol–water partition coefficient (Wildman–Crippen LogP) is 3.12. The normalized spacial score (nSPS) is 13.1. The quantitative estimate of drug-likeness (QED) is 0.815. The molecule has 0 saturated heterocycles. The Hall–Kier alpha value is -2.60. The second kappa shape index (κ2) is 6.66. The Morgan fingerprint density at radius 2 is 2.04 bits per heavy atom. The fourth-order valence-electron chi connectivity index (χ4n) is 2.57. The molecule has 1 heterocycles. The molecular formula is C17H18FN3O2. The van der Waals surface area contributed by atoms with Gasteiger partial charge in [0.05, 0.1) is 12.8 Å². The molecule has 6 heteroatoms. The molecule has 3 rings (SSSR count). The molecule has 2 aromatic carbocycles. The first-order valence-corrected chi connectivity index (χ1v) is 7.40. The van der Waals surface area contributed by atoms with Crippen molar-refractivity contribution >= 4 is 17.4 Å². The monoisotopic (exact) mass is 315 g/mol. The number of nitrogens with one attached hydrogen (secondary N) is 3. The highest BCUT2D eigenvalue weighted by Crippen LogP contribution is 2.22. The van der Waals surface area contributed by atoms with Crippen molar-refractivity contribution in [2.45, 2.75) is 13.0 Å². The smallest absolute Gasteiger partial charge is 0.323 e. The minimum absolute atomic E-state index is 0.0732. The van der Waals surface area contributed by atoms with Gasteiger partial charge in [-0.15, -0.1) is 0 Å². The third-order valence-corrected chi connectivity index (χ3v) is 3.77. The zero-order valence-corrected chi connectivity index (χ0v) is 12.8. The Kier molecular flexibility index (Phi) is 4.43. The summed E-state index contributed by atoms with van der Waals surface area (Å²) >= 11 is 0. The van der Waals surface area contributed by atoms with Gasteiger partial charge in [-0.25, -0.2) is 9.18 Å². The lowest BCUT2D eigenvalue weighted by Gasteiger charge is -2.18. The maximum Gasteiger partial charge on any atom is 0.323 e. The summed E-state index contributed by atoms with van der Waals surface area (Å²) < 4.78 is 18.8. The number of halogens is 1. The molecule has 1 aliphatic heterocycles. The molecule has 0 aliphatic carbocycles. The van der Waals surface area contributed by atoms with E-state index in [4.69, 9.17) is 4.74 Å². The maximum absolute atomic E-state index is 13.7. The lowest BCUT2D eigenvalue weighted by atomic mass is 10.0. The van der Waals surface area contributed by atoms with Crippen molar-refractivity contribution in [3.63, 3.8) is 0 Å². The molecule has 0 fully saturated rings. The van der Waals surface area contributed by atoms with Crippen molar-refractivity contribution in [3.8, 4) is 5.75 Å². The lowest BCUT2D eigenvalue weighted by Crippen LogP contribution is -2.24. The van der Waals surface area contributed by atoms with Crippen LogP contribution in [-0.2, 0) is 13.0 Å². The number of carbonyl (C=O) groups excluding carboxylic acids is 1. The number of urea groups is 1. The molecule has 3 N–H and O–H groups in total. The molecule has 0 aromatic heterocycles. The van der Waals surface area contributed by atoms with Gasteiger partial charge in [-0.1, -0.05) is 6.07 Å². The van der Waals surface area contributed by atoms with Crippen LogP contribution in [0.5, 0.6) is 5.75 Å². The van der Waals surface area contributed by atoms with Crippen LogP contribution in [0.1, 0.15) is 11.1 Å². The summed E-state index contributed by atoms with van der Waals surface area (Å²) in [5, 5.41) is 8.52. The van der Waals surface area contributed by atoms with Crippen LogP contribution in [0.3, 0.4) is 0 Å². The van der Waals surface area contributed by atoms with Crippen molar-refractivity contribution in [1.82, 2.24) is 5.32 Å². The highest BCUT2D eigenvalue weighted by atomic mass is 19.1. The molecule has 0 spiro atoms. The van der Waals surface area contributed by atoms with Crippen LogP contribution < -0.4 is 20.7 Å². The highest BCUT2D eigenvalue weighted by Gasteiger charge is 2.11. The van der Waals surface area contributed by atoms with Gasteiger partial charge in [-0.05, 0) is 48.4 Å². The van der Waals surface area contributed by atoms with Gasteiger partial charge < -0.3 is 20.7 Å². The van der Waals surface area contributed by atoms with Crippen LogP contribution in [0, 0.1) is 5.82 Å². The summed E-state index contributed by atoms with van der Waals surface area (Å²) in [5.41, 5.74) is 3.21. The maximum atomic E-state index is 13.7. The second-order valence-corrected chi connectivity index (χ2v) is 5.34. The molecule has 0 saturated carbocycles. The van der Waals surface area contributed by atoms with Crippen molar-refractivity contribution in [2.24, 2.45) is 0 Å². The topological polar surface area (TPSA) is 62.4 Å². The van der Waals surface area contributed by atoms with E-state index in [0.717, 1.165) is 19.5 Å². The summed E-state index contributed by atoms with van der Waals surface area (Å²) in [5.74, 6) is -0.0413. The summed E-state index contributed by atoms with van der Waals surface area (Å²) in [6, 6.07) is 9.48. The number of hydrogen-bond acceptors (Lipinski definition) is 3. The third kappa shape index (κ3) is 3.60. The van der Waals surface area contributed by atoms with Crippen LogP contribution in [0.15, 0.2) is 36.4 Å². The van der Waals surface area contributed by atoms with E-state index in [-0.39, 0.29) is 5.69 Å². The van der Waals surface area contributed by atoms with E-state index in [2.05, 4.69) is 16.0 Å². The van der Waals surface area contributed by atoms with Gasteiger partial charge in [0.25, 0.3) is 0 Å². The number of methoxy groups -OCH3 is 1. The van der Waals surface area contributed by atoms with Gasteiger partial charge in [0.15, 0.2) is 0 Å². The first-order valence-electron chi connectivity index (χ1n) is 7.40. The number of anilines is 2. The Bertz CT molecular complexity index is 734. The SMILES string of the molecule is COc1ccc(F)c(NC(=O)Nc2ccc3c(c2)CCNC3)c1. The summed E-state index contributed by atoms with van der Waals surface area (Å²) in [6.07, 6.45) is 0.928. The standard InChI is InChI=1S/C17H18FN3O2/c1-23-14-4-5-15(18)16(9-14)21-17(22)20-13-3-2-12-10-19-7-6-11(12)8-13/h2-5,8-9,19H,6-7,10H2,1H3,(H2,20,21,22). The Balaban J connectivity index is 1.70. The third-order valence-electron chi connectivity index (χ3n) is 3.77. The zero-order chi connectivity index (χ0) is 16.2. The van der Waals surface area contributed by atoms with Crippen LogP contribution in [0.25, 0.3) is 0 Å². The van der Waals surface area contributed by atoms with Crippen molar-refractivity contribution in [3.05, 3.63) is 53.3 Å². The van der Waals surface area contributed by atoms with E-state index in [1.807, 2.05) is 18.2 Å². The first-order chi connectivity index (χ1) is 11.2. The van der Waals surface area contributed by atoms with Gasteiger partial charge in [0, 0.05) is 18.3 Å². The van der Waals surface area contributed by atoms with Crippen LogP contribution in [0.2, 0.25) is 0 Å². The van der Waals surface area contributed by atoms with Gasteiger partial charge in [0.2, 0.25) is 0 Å². The minimum Gasteiger partial charge on any atom is -0.497 e. The Labute approximate surface area is 133 Å². The van der Waals surface area contributed by atoms with E-state index < -0.39 is 11.8 Å². The molecule has 0 radical (unpaired) electrons. The van der Waals surface area contributed by atoms with E-state index in [0.29, 0.717) is 11.4 Å². The number of carbonyl (C=O) groups is 1. The molecular weight excluding hydrogens is 297 g/mol. The lowest BCUT2D eigenvalue weighted by molar-refractivity contribution is 0.262. The molecule has 2 aromatic rings. The fraction of sp³-hybridized carbons (Fsp3) is 0.235. The fourth-order valence-corrected chi connectivity index (χ4v) is 2.57. The zero-order valence-electron chi connectivity index (χ0n) is 12.8. The predicted molar refractivity (Wildman–Crippen MR) is 87.4 cm³/mol. The number of amides is 2. The molecule has 0 atom stereocenters. The first kappa shape index (κ1) is 15.3. The van der Waals surface area contributed by atoms with Crippen molar-refractivity contribution in [2.75, 3.05) is 24.3 Å². The van der Waals surface area contributed by atoms with E-state index in [1.54, 1.807) is 0 Å². The number of hydrogen-bond donors (Lipinski definition) is 3. The molecule has 0 bridgehead atoms. The molecule has 120 valence electrons. The van der Waals surface area contributed by atoms with Crippen LogP contribution in [0.4, 0.5) is 20.6 Å². The Morgan fingerprint density at radius 3 is 2.87 bits per heavy atom. The Morgan fingerprint density at radius 1 is 1.17 bits per heavy atom. The van der Waals surface area contributed by atoms with Gasteiger partial charge >= 0.3 is 6.03 Å². The van der Waals surface area contributed by atoms with Gasteiger partial charge in [0.1, 0.15) is 11.6 Å².